The second kappa shape index (κ2) is 7.29. The van der Waals surface area contributed by atoms with Crippen molar-refractivity contribution in [3.63, 3.8) is 0 Å². The Labute approximate surface area is 140 Å². The van der Waals surface area contributed by atoms with E-state index < -0.39 is 6.04 Å². The Kier molecular flexibility index (Phi) is 4.93. The minimum Gasteiger partial charge on any atom is -0.459 e. The summed E-state index contributed by atoms with van der Waals surface area (Å²) in [5, 5.41) is 3.00. The van der Waals surface area contributed by atoms with Crippen LogP contribution in [-0.2, 0) is 4.79 Å². The van der Waals surface area contributed by atoms with E-state index >= 15 is 0 Å². The van der Waals surface area contributed by atoms with Crippen molar-refractivity contribution < 1.29 is 14.0 Å². The summed E-state index contributed by atoms with van der Waals surface area (Å²) in [5.41, 5.74) is 0.984. The molecule has 2 amide bonds. The highest BCUT2D eigenvalue weighted by Gasteiger charge is 2.34. The van der Waals surface area contributed by atoms with Gasteiger partial charge in [-0.05, 0) is 56.0 Å². The first-order valence-corrected chi connectivity index (χ1v) is 8.21. The highest BCUT2D eigenvalue weighted by molar-refractivity contribution is 5.95. The van der Waals surface area contributed by atoms with Gasteiger partial charge in [0.05, 0.1) is 12.3 Å². The maximum atomic E-state index is 12.7. The molecule has 1 aliphatic heterocycles. The van der Waals surface area contributed by atoms with Crippen LogP contribution >= 0.6 is 0 Å². The first-order chi connectivity index (χ1) is 11.7. The summed E-state index contributed by atoms with van der Waals surface area (Å²) >= 11 is 0. The number of hydrogen-bond acceptors (Lipinski definition) is 4. The van der Waals surface area contributed by atoms with E-state index in [4.69, 9.17) is 4.42 Å². The van der Waals surface area contributed by atoms with Gasteiger partial charge in [-0.15, -0.1) is 0 Å². The molecule has 6 nitrogen and oxygen atoms in total. The lowest BCUT2D eigenvalue weighted by molar-refractivity contribution is -0.127. The summed E-state index contributed by atoms with van der Waals surface area (Å²) in [7, 11) is 0. The SMILES string of the molecule is C[C@@H](NC(=O)[C@@H]1CCCCN1C(=O)c1ccco1)c1ccncc1. The van der Waals surface area contributed by atoms with Crippen LogP contribution in [0.5, 0.6) is 0 Å². The minimum absolute atomic E-state index is 0.126. The van der Waals surface area contributed by atoms with Crippen LogP contribution in [0, 0.1) is 0 Å². The molecule has 1 fully saturated rings. The lowest BCUT2D eigenvalue weighted by Crippen LogP contribution is -2.52. The Balaban J connectivity index is 1.70. The maximum Gasteiger partial charge on any atom is 0.290 e. The highest BCUT2D eigenvalue weighted by Crippen LogP contribution is 2.21. The fraction of sp³-hybridized carbons (Fsp3) is 0.389. The quantitative estimate of drug-likeness (QED) is 0.936. The Bertz CT molecular complexity index is 685. The molecular formula is C18H21N3O3. The number of furan rings is 1. The predicted molar refractivity (Wildman–Crippen MR) is 88.2 cm³/mol. The number of amides is 2. The molecule has 24 heavy (non-hydrogen) atoms. The molecule has 0 aliphatic carbocycles. The van der Waals surface area contributed by atoms with Gasteiger partial charge in [-0.1, -0.05) is 0 Å². The molecule has 6 heteroatoms. The topological polar surface area (TPSA) is 75.4 Å². The number of rotatable bonds is 4. The van der Waals surface area contributed by atoms with E-state index in [-0.39, 0.29) is 23.6 Å². The normalized spacial score (nSPS) is 18.9. The number of carbonyl (C=O) groups excluding carboxylic acids is 2. The van der Waals surface area contributed by atoms with Gasteiger partial charge in [-0.25, -0.2) is 0 Å². The van der Waals surface area contributed by atoms with Gasteiger partial charge in [0.1, 0.15) is 6.04 Å². The average molecular weight is 327 g/mol. The zero-order valence-corrected chi connectivity index (χ0v) is 13.6. The third-order valence-corrected chi connectivity index (χ3v) is 4.36. The summed E-state index contributed by atoms with van der Waals surface area (Å²) in [5.74, 6) is -0.0767. The molecule has 0 radical (unpaired) electrons. The van der Waals surface area contributed by atoms with Crippen molar-refractivity contribution in [1.82, 2.24) is 15.2 Å². The van der Waals surface area contributed by atoms with Gasteiger partial charge in [-0.2, -0.15) is 0 Å². The fourth-order valence-corrected chi connectivity index (χ4v) is 3.03. The van der Waals surface area contributed by atoms with Gasteiger partial charge in [0.2, 0.25) is 5.91 Å². The van der Waals surface area contributed by atoms with Gasteiger partial charge < -0.3 is 14.6 Å². The van der Waals surface area contributed by atoms with Gasteiger partial charge >= 0.3 is 0 Å². The number of nitrogens with one attached hydrogen (secondary N) is 1. The number of likely N-dealkylation sites (tertiary alicyclic amines) is 1. The highest BCUT2D eigenvalue weighted by atomic mass is 16.3. The lowest BCUT2D eigenvalue weighted by Gasteiger charge is -2.34. The summed E-state index contributed by atoms with van der Waals surface area (Å²) in [6.07, 6.45) is 7.37. The molecule has 126 valence electrons. The van der Waals surface area contributed by atoms with E-state index in [1.54, 1.807) is 29.4 Å². The number of carbonyl (C=O) groups is 2. The average Bonchev–Trinajstić information content (AvgIpc) is 3.16. The minimum atomic E-state index is -0.458. The number of aromatic nitrogens is 1. The molecule has 0 aromatic carbocycles. The molecule has 1 saturated heterocycles. The molecule has 0 saturated carbocycles. The van der Waals surface area contributed by atoms with E-state index in [2.05, 4.69) is 10.3 Å². The van der Waals surface area contributed by atoms with Crippen molar-refractivity contribution in [3.8, 4) is 0 Å². The van der Waals surface area contributed by atoms with Crippen LogP contribution in [0.15, 0.2) is 47.3 Å². The summed E-state index contributed by atoms with van der Waals surface area (Å²) in [6.45, 7) is 2.50. The van der Waals surface area contributed by atoms with Crippen LogP contribution in [0.4, 0.5) is 0 Å². The molecule has 2 aromatic rings. The van der Waals surface area contributed by atoms with Gasteiger partial charge in [0.15, 0.2) is 5.76 Å². The van der Waals surface area contributed by atoms with Gasteiger partial charge in [-0.3, -0.25) is 14.6 Å². The van der Waals surface area contributed by atoms with Gasteiger partial charge in [0, 0.05) is 18.9 Å². The van der Waals surface area contributed by atoms with Crippen LogP contribution < -0.4 is 5.32 Å². The first-order valence-electron chi connectivity index (χ1n) is 8.21. The molecule has 2 atom stereocenters. The molecular weight excluding hydrogens is 306 g/mol. The molecule has 0 bridgehead atoms. The van der Waals surface area contributed by atoms with Crippen LogP contribution in [0.3, 0.4) is 0 Å². The molecule has 0 unspecified atom stereocenters. The zero-order chi connectivity index (χ0) is 16.9. The number of nitrogens with zero attached hydrogens (tertiary/aromatic N) is 2. The van der Waals surface area contributed by atoms with Crippen molar-refractivity contribution in [2.45, 2.75) is 38.3 Å². The summed E-state index contributed by atoms with van der Waals surface area (Å²) in [4.78, 5) is 30.9. The molecule has 2 aromatic heterocycles. The van der Waals surface area contributed by atoms with E-state index in [9.17, 15) is 9.59 Å². The third kappa shape index (κ3) is 3.48. The second-order valence-electron chi connectivity index (χ2n) is 6.00. The van der Waals surface area contributed by atoms with E-state index in [0.29, 0.717) is 13.0 Å². The standard InChI is InChI=1S/C18H21N3O3/c1-13(14-7-9-19-10-8-14)20-17(22)15-5-2-3-11-21(15)18(23)16-6-4-12-24-16/h4,6-10,12-13,15H,2-3,5,11H2,1H3,(H,20,22)/t13-,15+/m1/s1. The van der Waals surface area contributed by atoms with E-state index in [1.165, 1.54) is 6.26 Å². The van der Waals surface area contributed by atoms with E-state index in [1.807, 2.05) is 19.1 Å². The van der Waals surface area contributed by atoms with Crippen LogP contribution in [0.25, 0.3) is 0 Å². The monoisotopic (exact) mass is 327 g/mol. The number of pyridine rings is 1. The van der Waals surface area contributed by atoms with Crippen molar-refractivity contribution in [2.24, 2.45) is 0 Å². The molecule has 1 aliphatic rings. The Morgan fingerprint density at radius 3 is 2.79 bits per heavy atom. The Morgan fingerprint density at radius 1 is 1.29 bits per heavy atom. The van der Waals surface area contributed by atoms with Crippen LogP contribution in [0.1, 0.15) is 48.3 Å². The zero-order valence-electron chi connectivity index (χ0n) is 13.6. The fourth-order valence-electron chi connectivity index (χ4n) is 3.03. The number of piperidine rings is 1. The predicted octanol–water partition coefficient (Wildman–Crippen LogP) is 2.55. The Hall–Kier alpha value is -2.63. The van der Waals surface area contributed by atoms with Crippen LogP contribution in [0.2, 0.25) is 0 Å². The van der Waals surface area contributed by atoms with Gasteiger partial charge in [0.25, 0.3) is 5.91 Å². The van der Waals surface area contributed by atoms with Crippen LogP contribution in [-0.4, -0.2) is 34.3 Å². The molecule has 3 heterocycles. The summed E-state index contributed by atoms with van der Waals surface area (Å²) in [6, 6.07) is 6.46. The third-order valence-electron chi connectivity index (χ3n) is 4.36. The molecule has 0 spiro atoms. The number of hydrogen-bond donors (Lipinski definition) is 1. The molecule has 1 N–H and O–H groups in total. The summed E-state index contributed by atoms with van der Waals surface area (Å²) < 4.78 is 5.20. The second-order valence-corrected chi connectivity index (χ2v) is 6.00. The van der Waals surface area contributed by atoms with Crippen molar-refractivity contribution in [3.05, 3.63) is 54.2 Å². The molecule has 3 rings (SSSR count). The maximum absolute atomic E-state index is 12.7. The first kappa shape index (κ1) is 16.2. The van der Waals surface area contributed by atoms with Crippen molar-refractivity contribution >= 4 is 11.8 Å². The van der Waals surface area contributed by atoms with E-state index in [0.717, 1.165) is 18.4 Å². The smallest absolute Gasteiger partial charge is 0.290 e. The largest absolute Gasteiger partial charge is 0.459 e. The van der Waals surface area contributed by atoms with Crippen molar-refractivity contribution in [1.29, 1.82) is 0 Å². The Morgan fingerprint density at radius 2 is 2.08 bits per heavy atom. The lowest BCUT2D eigenvalue weighted by atomic mass is 10.00. The van der Waals surface area contributed by atoms with Crippen molar-refractivity contribution in [2.75, 3.05) is 6.54 Å².